The lowest BCUT2D eigenvalue weighted by Gasteiger charge is -2.38. The fourth-order valence-corrected chi connectivity index (χ4v) is 3.84. The first-order valence-electron chi connectivity index (χ1n) is 8.34. The fourth-order valence-electron chi connectivity index (χ4n) is 2.89. The Labute approximate surface area is 150 Å². The van der Waals surface area contributed by atoms with E-state index in [0.717, 1.165) is 4.31 Å². The molecule has 1 fully saturated rings. The third kappa shape index (κ3) is 4.78. The van der Waals surface area contributed by atoms with Gasteiger partial charge in [0.1, 0.15) is 0 Å². The molecule has 8 heteroatoms. The van der Waals surface area contributed by atoms with Gasteiger partial charge in [-0.25, -0.2) is 12.7 Å². The molecule has 25 heavy (non-hydrogen) atoms. The summed E-state index contributed by atoms with van der Waals surface area (Å²) in [6.45, 7) is 7.20. The summed E-state index contributed by atoms with van der Waals surface area (Å²) in [5, 5.41) is 2.82. The predicted molar refractivity (Wildman–Crippen MR) is 97.0 cm³/mol. The van der Waals surface area contributed by atoms with E-state index < -0.39 is 10.0 Å². The SMILES string of the molecule is C[C@@H]1CN([C@@H](C)C(=O)Nc2cccc(S(=O)(=O)N(C)C)c2)C[C@H](C)O1. The lowest BCUT2D eigenvalue weighted by Crippen LogP contribution is -2.52. The maximum atomic E-state index is 12.6. The van der Waals surface area contributed by atoms with Gasteiger partial charge in [0.25, 0.3) is 0 Å². The first-order valence-corrected chi connectivity index (χ1v) is 9.78. The van der Waals surface area contributed by atoms with E-state index in [1.165, 1.54) is 26.2 Å². The third-order valence-corrected chi connectivity index (χ3v) is 6.07. The number of morpholine rings is 1. The molecule has 0 radical (unpaired) electrons. The van der Waals surface area contributed by atoms with Crippen LogP contribution >= 0.6 is 0 Å². The number of anilines is 1. The van der Waals surface area contributed by atoms with Crippen molar-refractivity contribution in [2.45, 2.75) is 43.9 Å². The van der Waals surface area contributed by atoms with E-state index >= 15 is 0 Å². The Morgan fingerprint density at radius 2 is 1.88 bits per heavy atom. The minimum Gasteiger partial charge on any atom is -0.373 e. The summed E-state index contributed by atoms with van der Waals surface area (Å²) >= 11 is 0. The summed E-state index contributed by atoms with van der Waals surface area (Å²) in [6, 6.07) is 5.96. The molecule has 0 bridgehead atoms. The van der Waals surface area contributed by atoms with Crippen molar-refractivity contribution in [2.75, 3.05) is 32.5 Å². The van der Waals surface area contributed by atoms with Crippen LogP contribution in [-0.2, 0) is 19.6 Å². The number of hydrogen-bond donors (Lipinski definition) is 1. The Bertz CT molecular complexity index is 710. The molecular formula is C17H27N3O4S. The molecule has 1 aromatic carbocycles. The van der Waals surface area contributed by atoms with Gasteiger partial charge in [-0.15, -0.1) is 0 Å². The van der Waals surface area contributed by atoms with Crippen molar-refractivity contribution in [1.29, 1.82) is 0 Å². The number of carbonyl (C=O) groups excluding carboxylic acids is 1. The van der Waals surface area contributed by atoms with Gasteiger partial charge in [-0.1, -0.05) is 6.07 Å². The van der Waals surface area contributed by atoms with Crippen LogP contribution < -0.4 is 5.32 Å². The van der Waals surface area contributed by atoms with E-state index in [9.17, 15) is 13.2 Å². The highest BCUT2D eigenvalue weighted by molar-refractivity contribution is 7.89. The van der Waals surface area contributed by atoms with Gasteiger partial charge in [-0.3, -0.25) is 9.69 Å². The molecule has 1 aliphatic rings. The molecular weight excluding hydrogens is 342 g/mol. The molecule has 1 aromatic rings. The van der Waals surface area contributed by atoms with Gasteiger partial charge in [-0.05, 0) is 39.0 Å². The monoisotopic (exact) mass is 369 g/mol. The number of ether oxygens (including phenoxy) is 1. The molecule has 0 saturated carbocycles. The van der Waals surface area contributed by atoms with Crippen molar-refractivity contribution in [3.8, 4) is 0 Å². The van der Waals surface area contributed by atoms with Gasteiger partial charge < -0.3 is 10.1 Å². The van der Waals surface area contributed by atoms with Crippen LogP contribution in [0.3, 0.4) is 0 Å². The van der Waals surface area contributed by atoms with Crippen molar-refractivity contribution in [1.82, 2.24) is 9.21 Å². The molecule has 1 N–H and O–H groups in total. The quantitative estimate of drug-likeness (QED) is 0.848. The highest BCUT2D eigenvalue weighted by Crippen LogP contribution is 2.19. The van der Waals surface area contributed by atoms with Crippen LogP contribution in [0.4, 0.5) is 5.69 Å². The molecule has 2 rings (SSSR count). The number of benzene rings is 1. The van der Waals surface area contributed by atoms with E-state index in [0.29, 0.717) is 18.8 Å². The van der Waals surface area contributed by atoms with E-state index in [1.807, 2.05) is 20.8 Å². The van der Waals surface area contributed by atoms with Gasteiger partial charge in [0.05, 0.1) is 23.1 Å². The molecule has 1 aliphatic heterocycles. The van der Waals surface area contributed by atoms with Gasteiger partial charge in [0.15, 0.2) is 0 Å². The smallest absolute Gasteiger partial charge is 0.242 e. The van der Waals surface area contributed by atoms with Gasteiger partial charge in [0.2, 0.25) is 15.9 Å². The van der Waals surface area contributed by atoms with E-state index in [1.54, 1.807) is 12.1 Å². The topological polar surface area (TPSA) is 79.0 Å². The first kappa shape index (κ1) is 19.8. The van der Waals surface area contributed by atoms with Crippen molar-refractivity contribution in [3.05, 3.63) is 24.3 Å². The second-order valence-electron chi connectivity index (χ2n) is 6.69. The Balaban J connectivity index is 2.10. The molecule has 0 unspecified atom stereocenters. The summed E-state index contributed by atoms with van der Waals surface area (Å²) in [4.78, 5) is 14.8. The van der Waals surface area contributed by atoms with Gasteiger partial charge in [-0.2, -0.15) is 0 Å². The average molecular weight is 369 g/mol. The van der Waals surface area contributed by atoms with Crippen LogP contribution in [0.2, 0.25) is 0 Å². The van der Waals surface area contributed by atoms with E-state index in [4.69, 9.17) is 4.74 Å². The number of rotatable bonds is 5. The minimum atomic E-state index is -3.54. The van der Waals surface area contributed by atoms with Gasteiger partial charge >= 0.3 is 0 Å². The van der Waals surface area contributed by atoms with Crippen LogP contribution in [0.25, 0.3) is 0 Å². The molecule has 140 valence electrons. The van der Waals surface area contributed by atoms with Crippen molar-refractivity contribution < 1.29 is 17.9 Å². The van der Waals surface area contributed by atoms with Gasteiger partial charge in [0, 0.05) is 32.9 Å². The van der Waals surface area contributed by atoms with Crippen LogP contribution in [0, 0.1) is 0 Å². The highest BCUT2D eigenvalue weighted by atomic mass is 32.2. The second-order valence-corrected chi connectivity index (χ2v) is 8.84. The standard InChI is InChI=1S/C17H27N3O4S/c1-12-10-20(11-13(2)24-12)14(3)17(21)18-15-7-6-8-16(9-15)25(22,23)19(4)5/h6-9,12-14H,10-11H2,1-5H3,(H,18,21)/t12-,13+,14-/m0/s1. The molecule has 1 heterocycles. The first-order chi connectivity index (χ1) is 11.6. The minimum absolute atomic E-state index is 0.0764. The van der Waals surface area contributed by atoms with E-state index in [2.05, 4.69) is 10.2 Å². The number of hydrogen-bond acceptors (Lipinski definition) is 5. The summed E-state index contributed by atoms with van der Waals surface area (Å²) in [5.41, 5.74) is 0.467. The summed E-state index contributed by atoms with van der Waals surface area (Å²) in [7, 11) is -0.584. The zero-order valence-electron chi connectivity index (χ0n) is 15.4. The number of nitrogens with zero attached hydrogens (tertiary/aromatic N) is 2. The van der Waals surface area contributed by atoms with Crippen LogP contribution in [0.15, 0.2) is 29.2 Å². The maximum absolute atomic E-state index is 12.6. The number of sulfonamides is 1. The number of amides is 1. The zero-order valence-corrected chi connectivity index (χ0v) is 16.2. The molecule has 0 aliphatic carbocycles. The summed E-state index contributed by atoms with van der Waals surface area (Å²) < 4.78 is 31.3. The normalized spacial score (nSPS) is 23.4. The number of carbonyl (C=O) groups is 1. The molecule has 0 aromatic heterocycles. The lowest BCUT2D eigenvalue weighted by molar-refractivity contribution is -0.126. The lowest BCUT2D eigenvalue weighted by atomic mass is 10.1. The Hall–Kier alpha value is -1.48. The van der Waals surface area contributed by atoms with E-state index in [-0.39, 0.29) is 29.1 Å². The highest BCUT2D eigenvalue weighted by Gasteiger charge is 2.29. The molecule has 7 nitrogen and oxygen atoms in total. The Morgan fingerprint density at radius 3 is 2.44 bits per heavy atom. The van der Waals surface area contributed by atoms with Crippen LogP contribution in [-0.4, -0.2) is 69.0 Å². The summed E-state index contributed by atoms with van der Waals surface area (Å²) in [5.74, 6) is -0.166. The molecule has 3 atom stereocenters. The Kier molecular flexibility index (Phi) is 6.21. The predicted octanol–water partition coefficient (Wildman–Crippen LogP) is 1.37. The van der Waals surface area contributed by atoms with Crippen LogP contribution in [0.5, 0.6) is 0 Å². The second kappa shape index (κ2) is 7.82. The van der Waals surface area contributed by atoms with Crippen molar-refractivity contribution in [3.63, 3.8) is 0 Å². The van der Waals surface area contributed by atoms with Crippen molar-refractivity contribution >= 4 is 21.6 Å². The fraction of sp³-hybridized carbons (Fsp3) is 0.588. The largest absolute Gasteiger partial charge is 0.373 e. The molecule has 1 amide bonds. The Morgan fingerprint density at radius 1 is 1.28 bits per heavy atom. The third-order valence-electron chi connectivity index (χ3n) is 4.26. The zero-order chi connectivity index (χ0) is 18.8. The van der Waals surface area contributed by atoms with Crippen LogP contribution in [0.1, 0.15) is 20.8 Å². The number of nitrogens with one attached hydrogen (secondary N) is 1. The summed E-state index contributed by atoms with van der Waals surface area (Å²) in [6.07, 6.45) is 0.153. The maximum Gasteiger partial charge on any atom is 0.242 e. The van der Waals surface area contributed by atoms with Crippen molar-refractivity contribution in [2.24, 2.45) is 0 Å². The molecule has 1 saturated heterocycles. The average Bonchev–Trinajstić information content (AvgIpc) is 2.53. The molecule has 0 spiro atoms.